The molecule has 0 saturated heterocycles. The smallest absolute Gasteiger partial charge is 0.134 e. The van der Waals surface area contributed by atoms with Crippen molar-refractivity contribution in [3.8, 4) is 22.5 Å². The molecule has 0 radical (unpaired) electrons. The number of nitrogens with zero attached hydrogens (tertiary/aromatic N) is 3. The Morgan fingerprint density at radius 3 is 2.15 bits per heavy atom. The summed E-state index contributed by atoms with van der Waals surface area (Å²) >= 11 is 1.67. The minimum Gasteiger partial charge on any atom is -0.246 e. The summed E-state index contributed by atoms with van der Waals surface area (Å²) in [6.45, 7) is 2.01. The second kappa shape index (κ2) is 8.56. The zero-order chi connectivity index (χ0) is 23.1. The quantitative estimate of drug-likeness (QED) is 0.273. The van der Waals surface area contributed by atoms with Gasteiger partial charge in [-0.15, -0.1) is 11.3 Å². The minimum atomic E-state index is -1.50. The number of rotatable bonds is 4. The van der Waals surface area contributed by atoms with Crippen molar-refractivity contribution in [1.29, 1.82) is 0 Å². The average molecular weight is 478 g/mol. The summed E-state index contributed by atoms with van der Waals surface area (Å²) < 4.78 is 14.6. The maximum atomic E-state index is 13.4. The van der Waals surface area contributed by atoms with Crippen LogP contribution in [0.4, 0.5) is 0 Å². The van der Waals surface area contributed by atoms with E-state index in [2.05, 4.69) is 23.2 Å². The molecule has 4 heterocycles. The van der Waals surface area contributed by atoms with Gasteiger partial charge in [-0.3, -0.25) is 0 Å². The summed E-state index contributed by atoms with van der Waals surface area (Å²) in [4.78, 5) is 15.2. The van der Waals surface area contributed by atoms with E-state index in [4.69, 9.17) is 9.97 Å². The lowest BCUT2D eigenvalue weighted by Crippen LogP contribution is -2.00. The molecule has 0 N–H and O–H groups in total. The molecular weight excluding hydrogens is 458 g/mol. The van der Waals surface area contributed by atoms with E-state index in [-0.39, 0.29) is 0 Å². The molecule has 6 rings (SSSR count). The average Bonchev–Trinajstić information content (AvgIpc) is 3.26. The van der Waals surface area contributed by atoms with Crippen molar-refractivity contribution < 1.29 is 4.21 Å². The first-order valence-electron chi connectivity index (χ1n) is 10.9. The molecule has 0 aliphatic carbocycles. The Bertz CT molecular complexity index is 1690. The largest absolute Gasteiger partial charge is 0.246 e. The van der Waals surface area contributed by atoms with Crippen molar-refractivity contribution in [2.24, 2.45) is 0 Å². The fourth-order valence-corrected chi connectivity index (χ4v) is 6.26. The summed E-state index contributed by atoms with van der Waals surface area (Å²) in [5, 5.41) is 3.29. The highest BCUT2D eigenvalue weighted by Gasteiger charge is 2.16. The molecule has 6 heteroatoms. The van der Waals surface area contributed by atoms with E-state index in [9.17, 15) is 4.21 Å². The summed E-state index contributed by atoms with van der Waals surface area (Å²) in [7, 11) is -1.50. The Morgan fingerprint density at radius 1 is 0.647 bits per heavy atom. The number of fused-ring (bicyclic) bond motifs is 3. The maximum Gasteiger partial charge on any atom is 0.134 e. The zero-order valence-corrected chi connectivity index (χ0v) is 19.9. The normalized spacial score (nSPS) is 12.3. The van der Waals surface area contributed by atoms with Gasteiger partial charge in [-0.1, -0.05) is 60.7 Å². The Morgan fingerprint density at radius 2 is 1.35 bits per heavy atom. The molecular formula is C28H19N3OS2. The Hall–Kier alpha value is -3.74. The summed E-state index contributed by atoms with van der Waals surface area (Å²) in [6, 6.07) is 31.6. The Balaban J connectivity index is 1.42. The van der Waals surface area contributed by atoms with Gasteiger partial charge in [0.05, 0.1) is 11.4 Å². The van der Waals surface area contributed by atoms with Gasteiger partial charge in [0.15, 0.2) is 0 Å². The van der Waals surface area contributed by atoms with Crippen LogP contribution in [-0.4, -0.2) is 19.2 Å². The van der Waals surface area contributed by atoms with Crippen LogP contribution >= 0.6 is 11.3 Å². The van der Waals surface area contributed by atoms with E-state index >= 15 is 0 Å². The van der Waals surface area contributed by atoms with E-state index < -0.39 is 10.8 Å². The van der Waals surface area contributed by atoms with Crippen LogP contribution in [-0.2, 0) is 10.8 Å². The molecule has 2 aromatic carbocycles. The molecule has 34 heavy (non-hydrogen) atoms. The molecule has 0 fully saturated rings. The maximum absolute atomic E-state index is 13.4. The predicted molar refractivity (Wildman–Crippen MR) is 139 cm³/mol. The summed E-state index contributed by atoms with van der Waals surface area (Å²) in [5.74, 6) is 0. The third-order valence-electron chi connectivity index (χ3n) is 5.68. The molecule has 0 aliphatic rings. The predicted octanol–water partition coefficient (Wildman–Crippen LogP) is 7.05. The van der Waals surface area contributed by atoms with E-state index in [0.29, 0.717) is 10.1 Å². The molecule has 4 aromatic heterocycles. The number of hydrogen-bond acceptors (Lipinski definition) is 5. The van der Waals surface area contributed by atoms with Gasteiger partial charge in [-0.2, -0.15) is 0 Å². The Labute approximate surface area is 203 Å². The third-order valence-corrected chi connectivity index (χ3v) is 8.04. The molecule has 0 saturated carbocycles. The lowest BCUT2D eigenvalue weighted by Gasteiger charge is -2.07. The first kappa shape index (κ1) is 20.8. The van der Waals surface area contributed by atoms with E-state index in [1.807, 2.05) is 73.7 Å². The van der Waals surface area contributed by atoms with Crippen molar-refractivity contribution in [2.75, 3.05) is 0 Å². The van der Waals surface area contributed by atoms with Crippen LogP contribution in [0.25, 0.3) is 42.8 Å². The lowest BCUT2D eigenvalue weighted by atomic mass is 10.1. The van der Waals surface area contributed by atoms with E-state index in [0.717, 1.165) is 48.5 Å². The van der Waals surface area contributed by atoms with E-state index in [1.165, 1.54) is 0 Å². The monoisotopic (exact) mass is 477 g/mol. The van der Waals surface area contributed by atoms with Gasteiger partial charge in [0.2, 0.25) is 0 Å². The SMILES string of the molecule is Cc1ccc2c(n1)sc1c(-c3cccc(S(=O)c4cccc(-c5ccccc5)n4)n3)cccc12. The number of aryl methyl sites for hydroxylation is 1. The minimum absolute atomic E-state index is 0.488. The van der Waals surface area contributed by atoms with Crippen molar-refractivity contribution in [3.05, 3.63) is 103 Å². The zero-order valence-electron chi connectivity index (χ0n) is 18.3. The molecule has 164 valence electrons. The highest BCUT2D eigenvalue weighted by Crippen LogP contribution is 2.38. The van der Waals surface area contributed by atoms with Crippen molar-refractivity contribution in [1.82, 2.24) is 15.0 Å². The molecule has 1 atom stereocenters. The van der Waals surface area contributed by atoms with Crippen molar-refractivity contribution in [3.63, 3.8) is 0 Å². The fraction of sp³-hybridized carbons (Fsp3) is 0.0357. The number of aromatic nitrogens is 3. The molecule has 0 bridgehead atoms. The fourth-order valence-electron chi connectivity index (χ4n) is 4.04. The number of thiophene rings is 1. The third kappa shape index (κ3) is 3.71. The van der Waals surface area contributed by atoms with Crippen LogP contribution in [0.5, 0.6) is 0 Å². The van der Waals surface area contributed by atoms with Gasteiger partial charge >= 0.3 is 0 Å². The molecule has 0 amide bonds. The number of pyridine rings is 3. The van der Waals surface area contributed by atoms with Crippen LogP contribution in [0.3, 0.4) is 0 Å². The molecule has 1 unspecified atom stereocenters. The summed E-state index contributed by atoms with van der Waals surface area (Å²) in [5.41, 5.74) is 4.59. The highest BCUT2D eigenvalue weighted by molar-refractivity contribution is 7.84. The van der Waals surface area contributed by atoms with Crippen molar-refractivity contribution >= 4 is 42.4 Å². The van der Waals surface area contributed by atoms with Crippen LogP contribution < -0.4 is 0 Å². The van der Waals surface area contributed by atoms with E-state index in [1.54, 1.807) is 23.5 Å². The van der Waals surface area contributed by atoms with Gasteiger partial charge in [0, 0.05) is 32.3 Å². The highest BCUT2D eigenvalue weighted by atomic mass is 32.2. The Kier molecular flexibility index (Phi) is 5.24. The molecule has 6 aromatic rings. The first-order valence-corrected chi connectivity index (χ1v) is 12.8. The number of benzene rings is 2. The molecule has 4 nitrogen and oxygen atoms in total. The van der Waals surface area contributed by atoms with Gasteiger partial charge in [0.25, 0.3) is 0 Å². The standard InChI is InChI=1S/C28H19N3OS2/c1-18-16-17-21-20-10-5-11-22(27(20)33-28(21)29-18)24-13-7-15-26(31-24)34(32)25-14-6-12-23(30-25)19-8-3-2-4-9-19/h2-17H,1H3. The number of hydrogen-bond donors (Lipinski definition) is 0. The van der Waals surface area contributed by atoms with Crippen LogP contribution in [0.1, 0.15) is 5.69 Å². The van der Waals surface area contributed by atoms with Crippen LogP contribution in [0.15, 0.2) is 107 Å². The second-order valence-corrected chi connectivity index (χ2v) is 10.3. The first-order chi connectivity index (χ1) is 16.7. The van der Waals surface area contributed by atoms with Crippen molar-refractivity contribution in [2.45, 2.75) is 17.0 Å². The van der Waals surface area contributed by atoms with Gasteiger partial charge in [0.1, 0.15) is 25.7 Å². The van der Waals surface area contributed by atoms with Gasteiger partial charge in [-0.25, -0.2) is 19.2 Å². The van der Waals surface area contributed by atoms with Crippen LogP contribution in [0.2, 0.25) is 0 Å². The van der Waals surface area contributed by atoms with Gasteiger partial charge < -0.3 is 0 Å². The lowest BCUT2D eigenvalue weighted by molar-refractivity contribution is 0.677. The topological polar surface area (TPSA) is 55.7 Å². The van der Waals surface area contributed by atoms with Gasteiger partial charge in [-0.05, 0) is 43.3 Å². The summed E-state index contributed by atoms with van der Waals surface area (Å²) in [6.07, 6.45) is 0. The second-order valence-electron chi connectivity index (χ2n) is 7.95. The molecule has 0 aliphatic heterocycles. The molecule has 0 spiro atoms. The van der Waals surface area contributed by atoms with Crippen LogP contribution in [0, 0.1) is 6.92 Å².